The van der Waals surface area contributed by atoms with E-state index in [0.717, 1.165) is 0 Å². The minimum absolute atomic E-state index is 0.143. The van der Waals surface area contributed by atoms with Crippen LogP contribution in [0.25, 0.3) is 5.76 Å². The van der Waals surface area contributed by atoms with Gasteiger partial charge in [0.05, 0.1) is 11.3 Å². The van der Waals surface area contributed by atoms with E-state index in [-0.39, 0.29) is 17.9 Å². The van der Waals surface area contributed by atoms with Gasteiger partial charge in [0.25, 0.3) is 17.6 Å². The molecule has 0 saturated carbocycles. The van der Waals surface area contributed by atoms with Gasteiger partial charge in [0, 0.05) is 37.9 Å². The van der Waals surface area contributed by atoms with E-state index in [1.807, 2.05) is 19.1 Å². The molecule has 1 N–H and O–H groups in total. The highest BCUT2D eigenvalue weighted by atomic mass is 16.5. The molecule has 4 rings (SSSR count). The third kappa shape index (κ3) is 3.04. The minimum atomic E-state index is -1.70. The summed E-state index contributed by atoms with van der Waals surface area (Å²) in [6.45, 7) is 2.90. The molecule has 0 bridgehead atoms. The monoisotopic (exact) mass is 434 g/mol. The topological polar surface area (TPSA) is 87.2 Å². The number of methoxy groups -OCH3 is 1. The molecule has 2 aromatic carbocycles. The summed E-state index contributed by atoms with van der Waals surface area (Å²) in [5.74, 6) is -2.39. The van der Waals surface area contributed by atoms with Crippen LogP contribution in [0.15, 0.2) is 60.2 Å². The molecule has 166 valence electrons. The van der Waals surface area contributed by atoms with Gasteiger partial charge in [-0.2, -0.15) is 0 Å². The van der Waals surface area contributed by atoms with Gasteiger partial charge in [-0.15, -0.1) is 0 Å². The zero-order valence-electron chi connectivity index (χ0n) is 18.2. The SMILES string of the molecule is CCCN1C(=O)C2(/C(=C(/O)c3ccccc3)C(=O)C(=O)N2CCCOC)c2ccccc21. The lowest BCUT2D eigenvalue weighted by molar-refractivity contribution is -0.143. The highest BCUT2D eigenvalue weighted by molar-refractivity contribution is 6.50. The molecule has 1 saturated heterocycles. The number of rotatable bonds is 7. The van der Waals surface area contributed by atoms with E-state index in [2.05, 4.69) is 0 Å². The molecule has 32 heavy (non-hydrogen) atoms. The molecular formula is C25H26N2O5. The Morgan fingerprint density at radius 3 is 2.38 bits per heavy atom. The molecule has 0 aromatic heterocycles. The predicted molar refractivity (Wildman–Crippen MR) is 120 cm³/mol. The molecule has 2 amide bonds. The van der Waals surface area contributed by atoms with Crippen LogP contribution in [-0.4, -0.2) is 54.4 Å². The summed E-state index contributed by atoms with van der Waals surface area (Å²) in [6, 6.07) is 15.7. The van der Waals surface area contributed by atoms with Gasteiger partial charge >= 0.3 is 0 Å². The van der Waals surface area contributed by atoms with Crippen LogP contribution in [0.1, 0.15) is 30.9 Å². The number of carbonyl (C=O) groups excluding carboxylic acids is 3. The quantitative estimate of drug-likeness (QED) is 0.313. The lowest BCUT2D eigenvalue weighted by Crippen LogP contribution is -2.52. The highest BCUT2D eigenvalue weighted by Crippen LogP contribution is 2.53. The Labute approximate surface area is 186 Å². The summed E-state index contributed by atoms with van der Waals surface area (Å²) in [6.07, 6.45) is 1.14. The Kier molecular flexibility index (Phi) is 5.84. The minimum Gasteiger partial charge on any atom is -0.507 e. The molecule has 0 radical (unpaired) electrons. The van der Waals surface area contributed by atoms with Crippen molar-refractivity contribution in [3.63, 3.8) is 0 Å². The van der Waals surface area contributed by atoms with Gasteiger partial charge in [-0.05, 0) is 18.9 Å². The standard InChI is InChI=1S/C25H26N2O5/c1-3-14-26-19-13-8-7-12-18(19)25(24(26)31)20(21(28)17-10-5-4-6-11-17)22(29)23(30)27(25)15-9-16-32-2/h4-8,10-13,28H,3,9,14-16H2,1-2H3/b21-20+. The van der Waals surface area contributed by atoms with Crippen molar-refractivity contribution in [2.24, 2.45) is 0 Å². The molecule has 2 aliphatic rings. The van der Waals surface area contributed by atoms with Gasteiger partial charge < -0.3 is 19.6 Å². The van der Waals surface area contributed by atoms with Crippen molar-refractivity contribution in [1.29, 1.82) is 0 Å². The third-order valence-electron chi connectivity index (χ3n) is 6.03. The number of para-hydroxylation sites is 1. The number of Topliss-reactive ketones (excluding diaryl/α,β-unsaturated/α-hetero) is 1. The van der Waals surface area contributed by atoms with Gasteiger partial charge in [-0.1, -0.05) is 55.5 Å². The molecule has 1 atom stereocenters. The summed E-state index contributed by atoms with van der Waals surface area (Å²) >= 11 is 0. The fraction of sp³-hybridized carbons (Fsp3) is 0.320. The first-order chi connectivity index (χ1) is 15.5. The summed E-state index contributed by atoms with van der Waals surface area (Å²) in [4.78, 5) is 43.6. The van der Waals surface area contributed by atoms with Crippen LogP contribution in [0.3, 0.4) is 0 Å². The van der Waals surface area contributed by atoms with Gasteiger partial charge in [0.15, 0.2) is 5.54 Å². The van der Waals surface area contributed by atoms with Crippen molar-refractivity contribution >= 4 is 29.0 Å². The van der Waals surface area contributed by atoms with Crippen molar-refractivity contribution in [2.75, 3.05) is 31.7 Å². The largest absolute Gasteiger partial charge is 0.507 e. The summed E-state index contributed by atoms with van der Waals surface area (Å²) in [5, 5.41) is 11.3. The number of amides is 2. The first kappa shape index (κ1) is 21.8. The summed E-state index contributed by atoms with van der Waals surface area (Å²) in [7, 11) is 1.55. The Hall–Kier alpha value is -3.45. The Morgan fingerprint density at radius 2 is 1.69 bits per heavy atom. The van der Waals surface area contributed by atoms with Gasteiger partial charge in [0.2, 0.25) is 0 Å². The van der Waals surface area contributed by atoms with Crippen LogP contribution in [0.5, 0.6) is 0 Å². The van der Waals surface area contributed by atoms with Crippen LogP contribution in [0.4, 0.5) is 5.69 Å². The van der Waals surface area contributed by atoms with Crippen LogP contribution in [0, 0.1) is 0 Å². The molecule has 0 aliphatic carbocycles. The molecule has 1 fully saturated rings. The molecule has 2 aromatic rings. The van der Waals surface area contributed by atoms with E-state index in [4.69, 9.17) is 4.74 Å². The number of ether oxygens (including phenoxy) is 1. The van der Waals surface area contributed by atoms with Crippen molar-refractivity contribution in [1.82, 2.24) is 4.90 Å². The molecule has 1 unspecified atom stereocenters. The van der Waals surface area contributed by atoms with E-state index < -0.39 is 23.1 Å². The smallest absolute Gasteiger partial charge is 0.296 e. The average molecular weight is 434 g/mol. The zero-order valence-corrected chi connectivity index (χ0v) is 18.2. The van der Waals surface area contributed by atoms with Crippen molar-refractivity contribution in [3.05, 3.63) is 71.3 Å². The number of aliphatic hydroxyl groups excluding tert-OH is 1. The number of benzene rings is 2. The first-order valence-corrected chi connectivity index (χ1v) is 10.8. The summed E-state index contributed by atoms with van der Waals surface area (Å²) in [5.41, 5.74) is -0.319. The number of hydrogen-bond acceptors (Lipinski definition) is 5. The first-order valence-electron chi connectivity index (χ1n) is 10.8. The maximum absolute atomic E-state index is 14.1. The van der Waals surface area contributed by atoms with Crippen molar-refractivity contribution in [3.8, 4) is 0 Å². The normalized spacial score (nSPS) is 21.6. The number of hydrogen-bond donors (Lipinski definition) is 1. The Balaban J connectivity index is 2.02. The average Bonchev–Trinajstić information content (AvgIpc) is 3.19. The summed E-state index contributed by atoms with van der Waals surface area (Å²) < 4.78 is 5.13. The molecular weight excluding hydrogens is 408 g/mol. The van der Waals surface area contributed by atoms with Gasteiger partial charge in [-0.25, -0.2) is 0 Å². The molecule has 7 heteroatoms. The second-order valence-electron chi connectivity index (χ2n) is 7.91. The number of fused-ring (bicyclic) bond motifs is 2. The lowest BCUT2D eigenvalue weighted by Gasteiger charge is -2.34. The molecule has 2 aliphatic heterocycles. The van der Waals surface area contributed by atoms with E-state index in [0.29, 0.717) is 42.8 Å². The number of anilines is 1. The fourth-order valence-electron chi connectivity index (χ4n) is 4.72. The maximum Gasteiger partial charge on any atom is 0.296 e. The maximum atomic E-state index is 14.1. The Morgan fingerprint density at radius 1 is 1.00 bits per heavy atom. The second kappa shape index (κ2) is 8.59. The second-order valence-corrected chi connectivity index (χ2v) is 7.91. The van der Waals surface area contributed by atoms with E-state index in [1.165, 1.54) is 4.90 Å². The van der Waals surface area contributed by atoms with Crippen LogP contribution >= 0.6 is 0 Å². The molecule has 7 nitrogen and oxygen atoms in total. The van der Waals surface area contributed by atoms with E-state index >= 15 is 0 Å². The van der Waals surface area contributed by atoms with Gasteiger partial charge in [0.1, 0.15) is 5.76 Å². The van der Waals surface area contributed by atoms with Crippen LogP contribution < -0.4 is 4.90 Å². The number of nitrogens with zero attached hydrogens (tertiary/aromatic N) is 2. The number of ketones is 1. The number of aliphatic hydroxyl groups is 1. The number of carbonyl (C=O) groups is 3. The third-order valence-corrected chi connectivity index (χ3v) is 6.03. The predicted octanol–water partition coefficient (Wildman–Crippen LogP) is 3.06. The zero-order chi connectivity index (χ0) is 22.9. The van der Waals surface area contributed by atoms with E-state index in [9.17, 15) is 19.5 Å². The van der Waals surface area contributed by atoms with Gasteiger partial charge in [-0.3, -0.25) is 14.4 Å². The van der Waals surface area contributed by atoms with Crippen LogP contribution in [0.2, 0.25) is 0 Å². The number of likely N-dealkylation sites (tertiary alicyclic amines) is 1. The molecule has 2 heterocycles. The van der Waals surface area contributed by atoms with Crippen LogP contribution in [-0.2, 0) is 24.7 Å². The fourth-order valence-corrected chi connectivity index (χ4v) is 4.72. The molecule has 1 spiro atoms. The van der Waals surface area contributed by atoms with Crippen molar-refractivity contribution < 1.29 is 24.2 Å². The van der Waals surface area contributed by atoms with E-state index in [1.54, 1.807) is 54.5 Å². The lowest BCUT2D eigenvalue weighted by atomic mass is 9.82. The Bertz CT molecular complexity index is 1090. The van der Waals surface area contributed by atoms with Crippen molar-refractivity contribution in [2.45, 2.75) is 25.3 Å². The highest BCUT2D eigenvalue weighted by Gasteiger charge is 2.66.